The number of hydrogen-bond acceptors (Lipinski definition) is 4. The van der Waals surface area contributed by atoms with Crippen LogP contribution in [0.1, 0.15) is 154 Å². The molecule has 0 aromatic heterocycles. The summed E-state index contributed by atoms with van der Waals surface area (Å²) in [6.07, 6.45) is 54.1. The van der Waals surface area contributed by atoms with Crippen LogP contribution in [0, 0.1) is 48.4 Å². The van der Waals surface area contributed by atoms with Gasteiger partial charge in [-0.1, -0.05) is 149 Å². The van der Waals surface area contributed by atoms with Crippen LogP contribution < -0.4 is 0 Å². The minimum atomic E-state index is -0.925. The normalized spacial score (nSPS) is 14.0. The fourth-order valence-corrected chi connectivity index (χ4v) is 5.19. The first kappa shape index (κ1) is 46.8. The third-order valence-electron chi connectivity index (χ3n) is 8.20. The molecule has 0 radical (unpaired) electrons. The van der Waals surface area contributed by atoms with E-state index in [2.05, 4.69) is 65.9 Å². The topological polar surface area (TPSA) is 80.9 Å². The van der Waals surface area contributed by atoms with Crippen molar-refractivity contribution in [3.8, 4) is 48.4 Å². The molecule has 0 aliphatic rings. The van der Waals surface area contributed by atoms with E-state index < -0.39 is 24.4 Å². The molecule has 0 saturated carbocycles. The van der Waals surface area contributed by atoms with Crippen molar-refractivity contribution in [1.82, 2.24) is 0 Å². The van der Waals surface area contributed by atoms with Gasteiger partial charge in [0.25, 0.3) is 0 Å². The van der Waals surface area contributed by atoms with Gasteiger partial charge in [0, 0.05) is 6.42 Å². The highest BCUT2D eigenvalue weighted by molar-refractivity contribution is 5.24. The molecule has 0 aromatic carbocycles. The first-order valence-corrected chi connectivity index (χ1v) is 19.4. The van der Waals surface area contributed by atoms with Crippen molar-refractivity contribution in [2.24, 2.45) is 0 Å². The van der Waals surface area contributed by atoms with Gasteiger partial charge in [0.2, 0.25) is 0 Å². The van der Waals surface area contributed by atoms with E-state index in [-0.39, 0.29) is 0 Å². The molecular formula is C46H68O4. The molecule has 4 heteroatoms. The second-order valence-corrected chi connectivity index (χ2v) is 12.9. The molecule has 0 fully saturated rings. The van der Waals surface area contributed by atoms with Gasteiger partial charge < -0.3 is 20.4 Å². The Bertz CT molecular complexity index is 1140. The quantitative estimate of drug-likeness (QED) is 0.0345. The van der Waals surface area contributed by atoms with Crippen LogP contribution in [0.3, 0.4) is 0 Å². The summed E-state index contributed by atoms with van der Waals surface area (Å²) >= 11 is 0. The molecule has 0 aliphatic heterocycles. The molecule has 0 bridgehead atoms. The molecule has 4 atom stereocenters. The molecule has 0 unspecified atom stereocenters. The average Bonchev–Trinajstić information content (AvgIpc) is 3.12. The summed E-state index contributed by atoms with van der Waals surface area (Å²) in [5, 5.41) is 38.3. The van der Waals surface area contributed by atoms with Crippen molar-refractivity contribution >= 4 is 0 Å². The van der Waals surface area contributed by atoms with Gasteiger partial charge in [0.1, 0.15) is 12.2 Å². The number of allylic oxidation sites excluding steroid dienone is 7. The molecule has 0 rings (SSSR count). The summed E-state index contributed by atoms with van der Waals surface area (Å²) in [5.74, 6) is 16.0. The summed E-state index contributed by atoms with van der Waals surface area (Å²) in [5.41, 5.74) is 0. The van der Waals surface area contributed by atoms with Gasteiger partial charge in [-0.15, -0.1) is 12.8 Å². The molecule has 0 aromatic rings. The van der Waals surface area contributed by atoms with Gasteiger partial charge in [0.05, 0.1) is 6.10 Å². The number of hydrogen-bond donors (Lipinski definition) is 4. The second kappa shape index (κ2) is 38.6. The number of unbranched alkanes of at least 4 members (excludes halogenated alkanes) is 19. The molecule has 276 valence electrons. The van der Waals surface area contributed by atoms with Gasteiger partial charge in [-0.25, -0.2) is 0 Å². The van der Waals surface area contributed by atoms with Crippen LogP contribution in [0.25, 0.3) is 0 Å². The van der Waals surface area contributed by atoms with Crippen LogP contribution in [0.4, 0.5) is 0 Å². The van der Waals surface area contributed by atoms with Crippen LogP contribution in [0.15, 0.2) is 60.8 Å². The Morgan fingerprint density at radius 2 is 0.900 bits per heavy atom. The van der Waals surface area contributed by atoms with Crippen LogP contribution in [-0.4, -0.2) is 44.8 Å². The minimum Gasteiger partial charge on any atom is -0.389 e. The zero-order valence-electron chi connectivity index (χ0n) is 31.0. The number of terminal acetylenes is 2. The molecule has 0 saturated heterocycles. The van der Waals surface area contributed by atoms with Gasteiger partial charge in [-0.3, -0.25) is 0 Å². The Labute approximate surface area is 307 Å². The van der Waals surface area contributed by atoms with Crippen molar-refractivity contribution in [2.75, 3.05) is 0 Å². The monoisotopic (exact) mass is 685 g/mol. The van der Waals surface area contributed by atoms with E-state index in [9.17, 15) is 20.4 Å². The van der Waals surface area contributed by atoms with Crippen LogP contribution >= 0.6 is 0 Å². The molecule has 0 aliphatic carbocycles. The summed E-state index contributed by atoms with van der Waals surface area (Å²) in [6, 6.07) is 0. The Balaban J connectivity index is 3.56. The Hall–Kier alpha value is -3.22. The largest absolute Gasteiger partial charge is 0.389 e. The van der Waals surface area contributed by atoms with Crippen molar-refractivity contribution in [3.63, 3.8) is 0 Å². The van der Waals surface area contributed by atoms with E-state index >= 15 is 0 Å². The van der Waals surface area contributed by atoms with E-state index in [4.69, 9.17) is 12.8 Å². The lowest BCUT2D eigenvalue weighted by Gasteiger charge is -2.05. The predicted octanol–water partition coefficient (Wildman–Crippen LogP) is 9.85. The van der Waals surface area contributed by atoms with Gasteiger partial charge in [-0.05, 0) is 95.3 Å². The fraction of sp³-hybridized carbons (Fsp3) is 0.609. The van der Waals surface area contributed by atoms with E-state index in [1.807, 2.05) is 12.2 Å². The lowest BCUT2D eigenvalue weighted by Crippen LogP contribution is -2.04. The van der Waals surface area contributed by atoms with Crippen molar-refractivity contribution in [1.29, 1.82) is 0 Å². The first-order valence-electron chi connectivity index (χ1n) is 19.4. The SMILES string of the molecule is C#C[C@@H](O)/C=C/CCCCCCCCCCCCC/C=C\CC/C=C/C#C[C@@H](O)C#CCCCC/C=C\CCCCC[C@H](O)/C=C/[C@H](O)C#C. The lowest BCUT2D eigenvalue weighted by atomic mass is 10.0. The van der Waals surface area contributed by atoms with Gasteiger partial charge >= 0.3 is 0 Å². The minimum absolute atomic E-state index is 0.549. The van der Waals surface area contributed by atoms with Crippen LogP contribution in [0.2, 0.25) is 0 Å². The van der Waals surface area contributed by atoms with Gasteiger partial charge in [0.15, 0.2) is 6.10 Å². The molecule has 4 nitrogen and oxygen atoms in total. The molecule has 4 N–H and O–H groups in total. The second-order valence-electron chi connectivity index (χ2n) is 12.9. The highest BCUT2D eigenvalue weighted by atomic mass is 16.3. The average molecular weight is 685 g/mol. The van der Waals surface area contributed by atoms with Crippen molar-refractivity contribution in [2.45, 2.75) is 179 Å². The fourth-order valence-electron chi connectivity index (χ4n) is 5.19. The zero-order chi connectivity index (χ0) is 36.6. The summed E-state index contributed by atoms with van der Waals surface area (Å²) < 4.78 is 0. The standard InChI is InChI=1S/C46H68O4/c1-3-43(47)37-33-29-25-21-17-14-12-10-8-6-5-7-9-11-13-15-18-22-26-30-34-38-45(49)39-35-31-27-23-19-16-20-24-28-32-36-40-46(50)42-41-44(48)4-2/h1-2,13,15-16,20,26,30,33,37,41-50H,5-12,14,17-19,21-25,27-29,31-32,36,40H2/b15-13-,20-16-,30-26+,37-33+,42-41+/t43-,44-,45-,46+/m1/s1. The van der Waals surface area contributed by atoms with Crippen LogP contribution in [-0.2, 0) is 0 Å². The summed E-state index contributed by atoms with van der Waals surface area (Å²) in [6.45, 7) is 0. The number of aliphatic hydroxyl groups is 4. The Morgan fingerprint density at radius 3 is 1.48 bits per heavy atom. The molecule has 0 heterocycles. The van der Waals surface area contributed by atoms with E-state index in [1.54, 1.807) is 12.2 Å². The van der Waals surface area contributed by atoms with Crippen molar-refractivity contribution < 1.29 is 20.4 Å². The Morgan fingerprint density at radius 1 is 0.440 bits per heavy atom. The molecular weight excluding hydrogens is 617 g/mol. The summed E-state index contributed by atoms with van der Waals surface area (Å²) in [7, 11) is 0. The van der Waals surface area contributed by atoms with Crippen molar-refractivity contribution in [3.05, 3.63) is 60.8 Å². The van der Waals surface area contributed by atoms with E-state index in [1.165, 1.54) is 76.7 Å². The molecule has 0 amide bonds. The highest BCUT2D eigenvalue weighted by Gasteiger charge is 2.00. The molecule has 0 spiro atoms. The highest BCUT2D eigenvalue weighted by Crippen LogP contribution is 2.13. The van der Waals surface area contributed by atoms with E-state index in [0.717, 1.165) is 77.0 Å². The molecule has 50 heavy (non-hydrogen) atoms. The maximum atomic E-state index is 9.93. The number of rotatable bonds is 30. The summed E-state index contributed by atoms with van der Waals surface area (Å²) in [4.78, 5) is 0. The third-order valence-corrected chi connectivity index (χ3v) is 8.20. The maximum absolute atomic E-state index is 9.93. The van der Waals surface area contributed by atoms with Gasteiger partial charge in [-0.2, -0.15) is 0 Å². The van der Waals surface area contributed by atoms with Crippen LogP contribution in [0.5, 0.6) is 0 Å². The number of aliphatic hydroxyl groups excluding tert-OH is 4. The smallest absolute Gasteiger partial charge is 0.176 e. The Kier molecular flexibility index (Phi) is 36.1. The first-order chi connectivity index (χ1) is 24.5. The lowest BCUT2D eigenvalue weighted by molar-refractivity contribution is 0.205. The third kappa shape index (κ3) is 37.6. The maximum Gasteiger partial charge on any atom is 0.176 e. The van der Waals surface area contributed by atoms with E-state index in [0.29, 0.717) is 6.42 Å². The predicted molar refractivity (Wildman–Crippen MR) is 214 cm³/mol. The zero-order valence-corrected chi connectivity index (χ0v) is 31.0.